The van der Waals surface area contributed by atoms with Crippen LogP contribution in [0.4, 0.5) is 0 Å². The van der Waals surface area contributed by atoms with E-state index in [0.717, 1.165) is 62.0 Å². The highest BCUT2D eigenvalue weighted by Crippen LogP contribution is 2.41. The molecule has 3 N–H and O–H groups in total. The van der Waals surface area contributed by atoms with Gasteiger partial charge in [0.05, 0.1) is 11.6 Å². The lowest BCUT2D eigenvalue weighted by molar-refractivity contribution is 0.115. The SMILES string of the molecule is CC(C)(C)[Si](C)(C)O[C@@H](CN(CCCCCN)Cc1ccccc1)c1ccc(OCc2ccccc2)c2[nH]c(=O)ccc12. The molecule has 0 spiro atoms. The molecule has 0 aliphatic carbocycles. The summed E-state index contributed by atoms with van der Waals surface area (Å²) in [5.41, 5.74) is 9.79. The lowest BCUT2D eigenvalue weighted by atomic mass is 10.0. The lowest BCUT2D eigenvalue weighted by Gasteiger charge is -2.41. The first kappa shape index (κ1) is 32.7. The van der Waals surface area contributed by atoms with Gasteiger partial charge in [0.1, 0.15) is 12.4 Å². The second-order valence-corrected chi connectivity index (χ2v) is 17.7. The number of aromatic nitrogens is 1. The van der Waals surface area contributed by atoms with Crippen molar-refractivity contribution in [3.63, 3.8) is 0 Å². The van der Waals surface area contributed by atoms with Crippen molar-refractivity contribution < 1.29 is 9.16 Å². The molecule has 0 fully saturated rings. The van der Waals surface area contributed by atoms with Crippen molar-refractivity contribution in [2.24, 2.45) is 5.73 Å². The molecule has 0 saturated heterocycles. The van der Waals surface area contributed by atoms with Crippen molar-refractivity contribution in [1.29, 1.82) is 0 Å². The second-order valence-electron chi connectivity index (χ2n) is 13.0. The zero-order valence-electron chi connectivity index (χ0n) is 26.6. The number of rotatable bonds is 15. The summed E-state index contributed by atoms with van der Waals surface area (Å²) in [5.74, 6) is 0.661. The van der Waals surface area contributed by atoms with Gasteiger partial charge in [-0.3, -0.25) is 9.69 Å². The first-order valence-corrected chi connectivity index (χ1v) is 18.4. The van der Waals surface area contributed by atoms with Crippen LogP contribution in [0.3, 0.4) is 0 Å². The highest BCUT2D eigenvalue weighted by Gasteiger charge is 2.40. The highest BCUT2D eigenvalue weighted by atomic mass is 28.4. The molecule has 0 radical (unpaired) electrons. The Balaban J connectivity index is 1.73. The number of ether oxygens (including phenoxy) is 1. The van der Waals surface area contributed by atoms with E-state index in [4.69, 9.17) is 14.9 Å². The Kier molecular flexibility index (Phi) is 11.4. The zero-order chi connectivity index (χ0) is 30.9. The topological polar surface area (TPSA) is 80.6 Å². The number of unbranched alkanes of at least 4 members (excludes halogenated alkanes) is 2. The van der Waals surface area contributed by atoms with Gasteiger partial charge in [-0.05, 0) is 72.9 Å². The summed E-state index contributed by atoms with van der Waals surface area (Å²) >= 11 is 0. The van der Waals surface area contributed by atoms with E-state index in [1.54, 1.807) is 6.07 Å². The van der Waals surface area contributed by atoms with E-state index in [9.17, 15) is 4.79 Å². The molecule has 230 valence electrons. The van der Waals surface area contributed by atoms with Crippen LogP contribution in [0.1, 0.15) is 62.8 Å². The Hall–Kier alpha value is -3.23. The van der Waals surface area contributed by atoms with Gasteiger partial charge in [0, 0.05) is 24.5 Å². The van der Waals surface area contributed by atoms with Crippen LogP contribution in [-0.2, 0) is 17.6 Å². The van der Waals surface area contributed by atoms with Gasteiger partial charge in [-0.15, -0.1) is 0 Å². The van der Waals surface area contributed by atoms with Crippen LogP contribution in [-0.4, -0.2) is 37.8 Å². The van der Waals surface area contributed by atoms with Crippen molar-refractivity contribution in [2.45, 2.75) is 77.4 Å². The number of H-pyrrole nitrogens is 1. The molecular weight excluding hydrogens is 551 g/mol. The van der Waals surface area contributed by atoms with Gasteiger partial charge in [-0.25, -0.2) is 0 Å². The first-order valence-electron chi connectivity index (χ1n) is 15.5. The molecule has 0 saturated carbocycles. The van der Waals surface area contributed by atoms with Gasteiger partial charge >= 0.3 is 0 Å². The van der Waals surface area contributed by atoms with E-state index >= 15 is 0 Å². The number of nitrogens with two attached hydrogens (primary N) is 1. The van der Waals surface area contributed by atoms with Crippen molar-refractivity contribution in [2.75, 3.05) is 19.6 Å². The summed E-state index contributed by atoms with van der Waals surface area (Å²) in [4.78, 5) is 18.1. The number of nitrogens with one attached hydrogen (secondary N) is 1. The molecule has 4 aromatic rings. The molecule has 6 nitrogen and oxygen atoms in total. The number of aromatic amines is 1. The van der Waals surface area contributed by atoms with Gasteiger partial charge in [0.25, 0.3) is 0 Å². The summed E-state index contributed by atoms with van der Waals surface area (Å²) < 4.78 is 13.5. The van der Waals surface area contributed by atoms with Crippen LogP contribution in [0, 0.1) is 0 Å². The van der Waals surface area contributed by atoms with Crippen LogP contribution in [0.15, 0.2) is 89.7 Å². The van der Waals surface area contributed by atoms with E-state index < -0.39 is 8.32 Å². The van der Waals surface area contributed by atoms with Crippen molar-refractivity contribution in [1.82, 2.24) is 9.88 Å². The third kappa shape index (κ3) is 9.13. The number of benzene rings is 3. The molecule has 1 atom stereocenters. The minimum absolute atomic E-state index is 0.0412. The molecule has 4 rings (SSSR count). The van der Waals surface area contributed by atoms with Gasteiger partial charge in [-0.2, -0.15) is 0 Å². The molecular formula is C36H49N3O3Si. The zero-order valence-corrected chi connectivity index (χ0v) is 27.6. The molecule has 0 aliphatic rings. The molecule has 0 aliphatic heterocycles. The summed E-state index contributed by atoms with van der Waals surface area (Å²) in [6.07, 6.45) is 3.03. The Bertz CT molecular complexity index is 1480. The van der Waals surface area contributed by atoms with E-state index in [2.05, 4.69) is 80.1 Å². The van der Waals surface area contributed by atoms with Crippen LogP contribution in [0.2, 0.25) is 18.1 Å². The van der Waals surface area contributed by atoms with E-state index in [1.165, 1.54) is 5.56 Å². The predicted octanol–water partition coefficient (Wildman–Crippen LogP) is 7.80. The van der Waals surface area contributed by atoms with E-state index in [0.29, 0.717) is 17.9 Å². The van der Waals surface area contributed by atoms with Crippen molar-refractivity contribution >= 4 is 19.2 Å². The molecule has 0 amide bonds. The Labute approximate surface area is 258 Å². The monoisotopic (exact) mass is 599 g/mol. The minimum atomic E-state index is -2.17. The van der Waals surface area contributed by atoms with Gasteiger partial charge in [-0.1, -0.05) is 93.9 Å². The number of pyridine rings is 1. The summed E-state index contributed by atoms with van der Waals surface area (Å²) in [7, 11) is -2.17. The Morgan fingerprint density at radius 3 is 2.19 bits per heavy atom. The van der Waals surface area contributed by atoms with Crippen molar-refractivity contribution in [3.05, 3.63) is 112 Å². The Morgan fingerprint density at radius 2 is 1.53 bits per heavy atom. The maximum Gasteiger partial charge on any atom is 0.248 e. The number of fused-ring (bicyclic) bond motifs is 1. The van der Waals surface area contributed by atoms with Crippen LogP contribution >= 0.6 is 0 Å². The molecule has 1 heterocycles. The quantitative estimate of drug-likeness (QED) is 0.108. The average molecular weight is 600 g/mol. The average Bonchev–Trinajstić information content (AvgIpc) is 2.98. The molecule has 3 aromatic carbocycles. The van der Waals surface area contributed by atoms with Crippen LogP contribution < -0.4 is 16.0 Å². The van der Waals surface area contributed by atoms with E-state index in [-0.39, 0.29) is 16.7 Å². The molecule has 43 heavy (non-hydrogen) atoms. The summed E-state index contributed by atoms with van der Waals surface area (Å²) in [6.45, 7) is 15.1. The third-order valence-electron chi connectivity index (χ3n) is 8.57. The normalized spacial score (nSPS) is 13.0. The number of hydrogen-bond donors (Lipinski definition) is 2. The largest absolute Gasteiger partial charge is 0.487 e. The molecule has 0 bridgehead atoms. The molecule has 7 heteroatoms. The Morgan fingerprint density at radius 1 is 0.860 bits per heavy atom. The standard InChI is InChI=1S/C36H49N3O3Si/c1-36(2,3)43(4,5)42-33(26-39(24-14-8-13-23-37)25-28-15-9-6-10-16-28)30-19-21-32(35-31(30)20-22-34(40)38-35)41-27-29-17-11-7-12-18-29/h6-7,9-12,15-22,33H,8,13-14,23-27,37H2,1-5H3,(H,38,40)/t33-/m0/s1. The smallest absolute Gasteiger partial charge is 0.248 e. The predicted molar refractivity (Wildman–Crippen MR) is 181 cm³/mol. The summed E-state index contributed by atoms with van der Waals surface area (Å²) in [6, 6.07) is 28.4. The molecule has 0 unspecified atom stereocenters. The second kappa shape index (κ2) is 15.0. The first-order chi connectivity index (χ1) is 20.6. The van der Waals surface area contributed by atoms with Crippen LogP contribution in [0.25, 0.3) is 10.9 Å². The fraction of sp³-hybridized carbons (Fsp3) is 0.417. The van der Waals surface area contributed by atoms with E-state index in [1.807, 2.05) is 42.5 Å². The van der Waals surface area contributed by atoms with Gasteiger partial charge in [0.15, 0.2) is 8.32 Å². The fourth-order valence-electron chi connectivity index (χ4n) is 5.08. The number of nitrogens with zero attached hydrogens (tertiary/aromatic N) is 1. The maximum atomic E-state index is 12.6. The number of hydrogen-bond acceptors (Lipinski definition) is 5. The molecule has 1 aromatic heterocycles. The van der Waals surface area contributed by atoms with Crippen LogP contribution in [0.5, 0.6) is 5.75 Å². The minimum Gasteiger partial charge on any atom is -0.487 e. The highest BCUT2D eigenvalue weighted by molar-refractivity contribution is 6.74. The van der Waals surface area contributed by atoms with Crippen molar-refractivity contribution in [3.8, 4) is 5.75 Å². The maximum absolute atomic E-state index is 12.6. The van der Waals surface area contributed by atoms with Gasteiger partial charge < -0.3 is 19.9 Å². The lowest BCUT2D eigenvalue weighted by Crippen LogP contribution is -2.44. The fourth-order valence-corrected chi connectivity index (χ4v) is 6.35. The summed E-state index contributed by atoms with van der Waals surface area (Å²) in [5, 5.41) is 0.996. The van der Waals surface area contributed by atoms with Gasteiger partial charge in [0.2, 0.25) is 5.56 Å². The third-order valence-corrected chi connectivity index (χ3v) is 13.1.